The van der Waals surface area contributed by atoms with Crippen molar-refractivity contribution in [3.63, 3.8) is 0 Å². The van der Waals surface area contributed by atoms with E-state index in [1.54, 1.807) is 12.1 Å². The van der Waals surface area contributed by atoms with Gasteiger partial charge in [-0.1, -0.05) is 6.07 Å². The average Bonchev–Trinajstić information content (AvgIpc) is 2.39. The van der Waals surface area contributed by atoms with Crippen molar-refractivity contribution in [3.05, 3.63) is 29.6 Å². The van der Waals surface area contributed by atoms with E-state index in [-0.39, 0.29) is 18.5 Å². The van der Waals surface area contributed by atoms with Crippen molar-refractivity contribution in [1.82, 2.24) is 5.32 Å². The molecule has 1 atom stereocenters. The lowest BCUT2D eigenvalue weighted by molar-refractivity contribution is 0.00341. The molecule has 18 heavy (non-hydrogen) atoms. The molecule has 4 nitrogen and oxygen atoms in total. The predicted octanol–water partition coefficient (Wildman–Crippen LogP) is 0.743. The third-order valence-electron chi connectivity index (χ3n) is 3.08. The smallest absolute Gasteiger partial charge is 0.146 e. The standard InChI is InChI=1S/C13H19FN2O2/c1-15-7-10-2-3-13(12(14)6-10)16-4-5-18-11(8-16)9-17/h2-3,6,11,15,17H,4-5,7-9H2,1H3. The Morgan fingerprint density at radius 1 is 1.56 bits per heavy atom. The van der Waals surface area contributed by atoms with Crippen molar-refractivity contribution >= 4 is 5.69 Å². The zero-order chi connectivity index (χ0) is 13.0. The number of nitrogens with one attached hydrogen (secondary N) is 1. The molecule has 5 heteroatoms. The Morgan fingerprint density at radius 2 is 2.39 bits per heavy atom. The minimum atomic E-state index is -0.227. The maximum Gasteiger partial charge on any atom is 0.146 e. The summed E-state index contributed by atoms with van der Waals surface area (Å²) >= 11 is 0. The Morgan fingerprint density at radius 3 is 3.06 bits per heavy atom. The molecule has 1 aromatic carbocycles. The number of aliphatic hydroxyl groups excluding tert-OH is 1. The number of hydrogen-bond donors (Lipinski definition) is 2. The van der Waals surface area contributed by atoms with E-state index in [0.29, 0.717) is 31.9 Å². The Labute approximate surface area is 106 Å². The average molecular weight is 254 g/mol. The summed E-state index contributed by atoms with van der Waals surface area (Å²) in [6, 6.07) is 5.26. The molecule has 1 heterocycles. The first-order chi connectivity index (χ1) is 8.74. The third kappa shape index (κ3) is 2.98. The van der Waals surface area contributed by atoms with E-state index in [0.717, 1.165) is 5.56 Å². The maximum atomic E-state index is 14.0. The molecule has 1 unspecified atom stereocenters. The molecule has 1 saturated heterocycles. The molecule has 1 fully saturated rings. The Balaban J connectivity index is 2.12. The van der Waals surface area contributed by atoms with Gasteiger partial charge >= 0.3 is 0 Å². The first-order valence-corrected chi connectivity index (χ1v) is 6.15. The van der Waals surface area contributed by atoms with E-state index in [2.05, 4.69) is 5.32 Å². The van der Waals surface area contributed by atoms with E-state index in [1.165, 1.54) is 0 Å². The summed E-state index contributed by atoms with van der Waals surface area (Å²) < 4.78 is 19.4. The highest BCUT2D eigenvalue weighted by molar-refractivity contribution is 5.49. The van der Waals surface area contributed by atoms with Crippen molar-refractivity contribution in [2.24, 2.45) is 0 Å². The normalized spacial score (nSPS) is 20.2. The zero-order valence-electron chi connectivity index (χ0n) is 10.5. The van der Waals surface area contributed by atoms with Crippen LogP contribution in [0.5, 0.6) is 0 Å². The van der Waals surface area contributed by atoms with Crippen LogP contribution in [0.15, 0.2) is 18.2 Å². The number of ether oxygens (including phenoxy) is 1. The van der Waals surface area contributed by atoms with Crippen molar-refractivity contribution < 1.29 is 14.2 Å². The molecule has 0 aliphatic carbocycles. The second-order valence-electron chi connectivity index (χ2n) is 4.44. The van der Waals surface area contributed by atoms with E-state index < -0.39 is 0 Å². The van der Waals surface area contributed by atoms with E-state index in [1.807, 2.05) is 18.0 Å². The highest BCUT2D eigenvalue weighted by Gasteiger charge is 2.21. The minimum Gasteiger partial charge on any atom is -0.394 e. The largest absolute Gasteiger partial charge is 0.394 e. The highest BCUT2D eigenvalue weighted by Crippen LogP contribution is 2.22. The Hall–Kier alpha value is -1.17. The van der Waals surface area contributed by atoms with Crippen molar-refractivity contribution in [2.45, 2.75) is 12.6 Å². The topological polar surface area (TPSA) is 44.7 Å². The van der Waals surface area contributed by atoms with Crippen LogP contribution in [0.4, 0.5) is 10.1 Å². The summed E-state index contributed by atoms with van der Waals surface area (Å²) in [5.74, 6) is -0.221. The number of benzene rings is 1. The fraction of sp³-hybridized carbons (Fsp3) is 0.538. The van der Waals surface area contributed by atoms with Gasteiger partial charge in [-0.25, -0.2) is 4.39 Å². The summed E-state index contributed by atoms with van der Waals surface area (Å²) in [5.41, 5.74) is 1.50. The summed E-state index contributed by atoms with van der Waals surface area (Å²) in [6.07, 6.45) is -0.227. The van der Waals surface area contributed by atoms with Gasteiger partial charge in [-0.05, 0) is 24.7 Å². The summed E-state index contributed by atoms with van der Waals surface area (Å²) in [5, 5.41) is 12.1. The molecule has 2 rings (SSSR count). The van der Waals surface area contributed by atoms with Gasteiger partial charge in [-0.3, -0.25) is 0 Å². The molecular formula is C13H19FN2O2. The number of halogens is 1. The molecule has 0 radical (unpaired) electrons. The van der Waals surface area contributed by atoms with Crippen molar-refractivity contribution in [1.29, 1.82) is 0 Å². The number of hydrogen-bond acceptors (Lipinski definition) is 4. The van der Waals surface area contributed by atoms with Gasteiger partial charge in [0.1, 0.15) is 5.82 Å². The number of rotatable bonds is 4. The van der Waals surface area contributed by atoms with Crippen LogP contribution < -0.4 is 10.2 Å². The van der Waals surface area contributed by atoms with Crippen LogP contribution in [0.1, 0.15) is 5.56 Å². The van der Waals surface area contributed by atoms with Crippen LogP contribution in [-0.4, -0.2) is 44.6 Å². The Kier molecular flexibility index (Phi) is 4.52. The van der Waals surface area contributed by atoms with Crippen LogP contribution in [0.25, 0.3) is 0 Å². The number of anilines is 1. The third-order valence-corrected chi connectivity index (χ3v) is 3.08. The van der Waals surface area contributed by atoms with Gasteiger partial charge in [-0.2, -0.15) is 0 Å². The molecule has 1 aliphatic rings. The first-order valence-electron chi connectivity index (χ1n) is 6.15. The lowest BCUT2D eigenvalue weighted by Gasteiger charge is -2.34. The van der Waals surface area contributed by atoms with Gasteiger partial charge in [-0.15, -0.1) is 0 Å². The monoisotopic (exact) mass is 254 g/mol. The SMILES string of the molecule is CNCc1ccc(N2CCOC(CO)C2)c(F)c1. The summed E-state index contributed by atoms with van der Waals surface area (Å²) in [4.78, 5) is 1.92. The quantitative estimate of drug-likeness (QED) is 0.832. The second kappa shape index (κ2) is 6.13. The first kappa shape index (κ1) is 13.3. The molecule has 100 valence electrons. The molecule has 0 aromatic heterocycles. The van der Waals surface area contributed by atoms with E-state index in [9.17, 15) is 4.39 Å². The molecule has 1 aliphatic heterocycles. The van der Waals surface area contributed by atoms with Gasteiger partial charge in [0.05, 0.1) is 25.0 Å². The van der Waals surface area contributed by atoms with Gasteiger partial charge in [0.25, 0.3) is 0 Å². The lowest BCUT2D eigenvalue weighted by atomic mass is 10.1. The van der Waals surface area contributed by atoms with E-state index in [4.69, 9.17) is 9.84 Å². The predicted molar refractivity (Wildman–Crippen MR) is 68.2 cm³/mol. The fourth-order valence-corrected chi connectivity index (χ4v) is 2.17. The molecule has 0 bridgehead atoms. The van der Waals surface area contributed by atoms with Gasteiger partial charge in [0, 0.05) is 19.6 Å². The molecule has 2 N–H and O–H groups in total. The van der Waals surface area contributed by atoms with E-state index >= 15 is 0 Å². The lowest BCUT2D eigenvalue weighted by Crippen LogP contribution is -2.44. The number of morpholine rings is 1. The number of aliphatic hydroxyl groups is 1. The zero-order valence-corrected chi connectivity index (χ0v) is 10.5. The van der Waals surface area contributed by atoms with Crippen LogP contribution in [-0.2, 0) is 11.3 Å². The Bertz CT molecular complexity index is 401. The minimum absolute atomic E-state index is 0.0318. The van der Waals surface area contributed by atoms with Crippen LogP contribution in [0.3, 0.4) is 0 Å². The van der Waals surface area contributed by atoms with Gasteiger partial charge in [0.15, 0.2) is 0 Å². The van der Waals surface area contributed by atoms with Crippen LogP contribution in [0, 0.1) is 5.82 Å². The van der Waals surface area contributed by atoms with Gasteiger partial charge in [0.2, 0.25) is 0 Å². The summed E-state index contributed by atoms with van der Waals surface area (Å²) in [7, 11) is 1.83. The molecular weight excluding hydrogens is 235 g/mol. The van der Waals surface area contributed by atoms with Crippen LogP contribution in [0.2, 0.25) is 0 Å². The molecule has 0 spiro atoms. The maximum absolute atomic E-state index is 14.0. The highest BCUT2D eigenvalue weighted by atomic mass is 19.1. The van der Waals surface area contributed by atoms with Crippen LogP contribution >= 0.6 is 0 Å². The van der Waals surface area contributed by atoms with Crippen molar-refractivity contribution in [3.8, 4) is 0 Å². The number of nitrogens with zero attached hydrogens (tertiary/aromatic N) is 1. The summed E-state index contributed by atoms with van der Waals surface area (Å²) in [6.45, 7) is 2.32. The van der Waals surface area contributed by atoms with Gasteiger partial charge < -0.3 is 20.1 Å². The molecule has 0 amide bonds. The second-order valence-corrected chi connectivity index (χ2v) is 4.44. The fourth-order valence-electron chi connectivity index (χ4n) is 2.17. The van der Waals surface area contributed by atoms with Crippen molar-refractivity contribution in [2.75, 3.05) is 38.3 Å². The molecule has 0 saturated carbocycles. The molecule has 1 aromatic rings.